The number of benzene rings is 3. The average molecular weight is 504 g/mol. The Morgan fingerprint density at radius 3 is 2.46 bits per heavy atom. The van der Waals surface area contributed by atoms with Gasteiger partial charge in [0.15, 0.2) is 0 Å². The van der Waals surface area contributed by atoms with Crippen LogP contribution in [0.2, 0.25) is 0 Å². The highest BCUT2D eigenvalue weighted by Crippen LogP contribution is 2.59. The molecule has 4 aliphatic carbocycles. The fourth-order valence-corrected chi connectivity index (χ4v) is 6.93. The highest BCUT2D eigenvalue weighted by atomic mass is 15.0. The standard InChI is InChI=1S/C38H33N/c1-3-9-26(10-4-1)17-18-27-19-20-37-34(21-27)35-23-31(16-8-14-29-13-7-15-30-22-32(29)30)33-24-36(33)38(35)39(37)25-28-11-5-2-6-12-28/h1-15,17-21,23,30,32-33,36H,16,22,24-25H2/b14-8+,18-17+. The van der Waals surface area contributed by atoms with Crippen LogP contribution in [0.1, 0.15) is 53.1 Å². The van der Waals surface area contributed by atoms with Gasteiger partial charge < -0.3 is 4.57 Å². The molecule has 1 heteroatoms. The quantitative estimate of drug-likeness (QED) is 0.221. The number of aromatic nitrogens is 1. The third-order valence-electron chi connectivity index (χ3n) is 9.15. The van der Waals surface area contributed by atoms with Crippen molar-refractivity contribution in [2.45, 2.75) is 31.7 Å². The minimum absolute atomic E-state index is 0.650. The molecule has 0 N–H and O–H groups in total. The van der Waals surface area contributed by atoms with Gasteiger partial charge in [-0.2, -0.15) is 0 Å². The van der Waals surface area contributed by atoms with Gasteiger partial charge in [-0.15, -0.1) is 0 Å². The van der Waals surface area contributed by atoms with Crippen molar-refractivity contribution in [3.05, 3.63) is 148 Å². The predicted octanol–water partition coefficient (Wildman–Crippen LogP) is 9.44. The number of nitrogens with zero attached hydrogens (tertiary/aromatic N) is 1. The van der Waals surface area contributed by atoms with Crippen LogP contribution < -0.4 is 0 Å². The molecule has 2 saturated carbocycles. The summed E-state index contributed by atoms with van der Waals surface area (Å²) in [7, 11) is 0. The molecule has 0 aliphatic heterocycles. The van der Waals surface area contributed by atoms with Gasteiger partial charge in [-0.1, -0.05) is 121 Å². The lowest BCUT2D eigenvalue weighted by Gasteiger charge is -2.16. The Labute approximate surface area is 231 Å². The normalized spacial score (nSPS) is 24.4. The van der Waals surface area contributed by atoms with E-state index >= 15 is 0 Å². The molecule has 0 amide bonds. The van der Waals surface area contributed by atoms with E-state index in [4.69, 9.17) is 0 Å². The zero-order valence-corrected chi connectivity index (χ0v) is 22.2. The topological polar surface area (TPSA) is 4.93 Å². The molecule has 3 aromatic carbocycles. The largest absolute Gasteiger partial charge is 0.339 e. The predicted molar refractivity (Wildman–Crippen MR) is 164 cm³/mol. The molecule has 39 heavy (non-hydrogen) atoms. The maximum absolute atomic E-state index is 2.62. The Balaban J connectivity index is 1.17. The van der Waals surface area contributed by atoms with Crippen LogP contribution in [-0.2, 0) is 6.54 Å². The van der Waals surface area contributed by atoms with Crippen molar-refractivity contribution < 1.29 is 0 Å². The van der Waals surface area contributed by atoms with Gasteiger partial charge in [-0.25, -0.2) is 0 Å². The first-order chi connectivity index (χ1) is 19.3. The summed E-state index contributed by atoms with van der Waals surface area (Å²) in [6.45, 7) is 0.933. The summed E-state index contributed by atoms with van der Waals surface area (Å²) < 4.78 is 2.62. The van der Waals surface area contributed by atoms with E-state index in [-0.39, 0.29) is 0 Å². The Kier molecular flexibility index (Phi) is 5.43. The highest BCUT2D eigenvalue weighted by molar-refractivity contribution is 5.95. The molecule has 1 heterocycles. The van der Waals surface area contributed by atoms with Crippen molar-refractivity contribution in [3.8, 4) is 0 Å². The van der Waals surface area contributed by atoms with Gasteiger partial charge in [0.05, 0.1) is 0 Å². The summed E-state index contributed by atoms with van der Waals surface area (Å²) in [6.07, 6.45) is 22.5. The van der Waals surface area contributed by atoms with Gasteiger partial charge in [-0.3, -0.25) is 0 Å². The summed E-state index contributed by atoms with van der Waals surface area (Å²) >= 11 is 0. The summed E-state index contributed by atoms with van der Waals surface area (Å²) in [6, 6.07) is 28.6. The zero-order valence-electron chi connectivity index (χ0n) is 22.2. The summed E-state index contributed by atoms with van der Waals surface area (Å²) in [5, 5.41) is 1.39. The molecule has 190 valence electrons. The first-order valence-electron chi connectivity index (χ1n) is 14.5. The molecule has 0 saturated heterocycles. The first kappa shape index (κ1) is 22.8. The van der Waals surface area contributed by atoms with E-state index in [1.54, 1.807) is 11.3 Å². The van der Waals surface area contributed by atoms with E-state index in [9.17, 15) is 0 Å². The molecule has 1 nitrogen and oxygen atoms in total. The maximum atomic E-state index is 2.62. The van der Waals surface area contributed by atoms with Crippen molar-refractivity contribution in [3.63, 3.8) is 0 Å². The van der Waals surface area contributed by atoms with Crippen LogP contribution in [0.4, 0.5) is 0 Å². The van der Waals surface area contributed by atoms with Crippen LogP contribution >= 0.6 is 0 Å². The smallest absolute Gasteiger partial charge is 0.0492 e. The third-order valence-corrected chi connectivity index (χ3v) is 9.15. The summed E-state index contributed by atoms with van der Waals surface area (Å²) in [4.78, 5) is 0. The molecule has 0 radical (unpaired) electrons. The van der Waals surface area contributed by atoms with Crippen molar-refractivity contribution in [1.82, 2.24) is 4.57 Å². The molecule has 0 bridgehead atoms. The van der Waals surface area contributed by atoms with E-state index in [1.165, 1.54) is 51.6 Å². The number of hydrogen-bond donors (Lipinski definition) is 0. The summed E-state index contributed by atoms with van der Waals surface area (Å²) in [5.74, 6) is 2.94. The Morgan fingerprint density at radius 2 is 1.59 bits per heavy atom. The summed E-state index contributed by atoms with van der Waals surface area (Å²) in [5.41, 5.74) is 11.4. The van der Waals surface area contributed by atoms with Crippen LogP contribution in [0, 0.1) is 17.8 Å². The molecule has 8 rings (SSSR count). The molecule has 4 unspecified atom stereocenters. The number of fused-ring (bicyclic) bond motifs is 6. The minimum atomic E-state index is 0.650. The lowest BCUT2D eigenvalue weighted by Crippen LogP contribution is -2.07. The molecule has 1 aromatic heterocycles. The second-order valence-electron chi connectivity index (χ2n) is 11.7. The lowest BCUT2D eigenvalue weighted by molar-refractivity contribution is 0.745. The Morgan fingerprint density at radius 1 is 0.769 bits per heavy atom. The molecule has 0 spiro atoms. The molecular weight excluding hydrogens is 470 g/mol. The molecule has 4 aliphatic rings. The van der Waals surface area contributed by atoms with Crippen LogP contribution in [0.25, 0.3) is 29.1 Å². The van der Waals surface area contributed by atoms with E-state index in [0.29, 0.717) is 11.8 Å². The second-order valence-corrected chi connectivity index (χ2v) is 11.7. The SMILES string of the molecule is C1=CC2CC2C(/C=C/CC2=Cc3c(n(Cc4ccccc4)c4ccc(/C=C/c5ccccc5)cc34)C3CC23)=C1. The van der Waals surface area contributed by atoms with Gasteiger partial charge >= 0.3 is 0 Å². The molecule has 2 fully saturated rings. The zero-order chi connectivity index (χ0) is 25.8. The van der Waals surface area contributed by atoms with Gasteiger partial charge in [-0.05, 0) is 71.4 Å². The van der Waals surface area contributed by atoms with Gasteiger partial charge in [0, 0.05) is 34.6 Å². The highest BCUT2D eigenvalue weighted by Gasteiger charge is 2.46. The van der Waals surface area contributed by atoms with Crippen LogP contribution in [0.5, 0.6) is 0 Å². The third kappa shape index (κ3) is 4.27. The van der Waals surface area contributed by atoms with E-state index in [1.807, 2.05) is 0 Å². The fraction of sp³-hybridized carbons (Fsp3) is 0.211. The van der Waals surface area contributed by atoms with Crippen molar-refractivity contribution in [2.24, 2.45) is 17.8 Å². The molecular formula is C38H33N. The van der Waals surface area contributed by atoms with Crippen LogP contribution in [-0.4, -0.2) is 4.57 Å². The monoisotopic (exact) mass is 503 g/mol. The minimum Gasteiger partial charge on any atom is -0.339 e. The average Bonchev–Trinajstić information content (AvgIpc) is 3.91. The Bertz CT molecular complexity index is 1710. The van der Waals surface area contributed by atoms with Crippen LogP contribution in [0.3, 0.4) is 0 Å². The van der Waals surface area contributed by atoms with Crippen molar-refractivity contribution >= 4 is 29.1 Å². The number of allylic oxidation sites excluding steroid dienone is 7. The van der Waals surface area contributed by atoms with E-state index in [2.05, 4.69) is 132 Å². The molecule has 4 atom stereocenters. The lowest BCUT2D eigenvalue weighted by atomic mass is 9.93. The van der Waals surface area contributed by atoms with Gasteiger partial charge in [0.2, 0.25) is 0 Å². The fourth-order valence-electron chi connectivity index (χ4n) is 6.93. The van der Waals surface area contributed by atoms with Crippen LogP contribution in [0.15, 0.2) is 120 Å². The van der Waals surface area contributed by atoms with Crippen molar-refractivity contribution in [1.29, 1.82) is 0 Å². The first-order valence-corrected chi connectivity index (χ1v) is 14.5. The van der Waals surface area contributed by atoms with Crippen molar-refractivity contribution in [2.75, 3.05) is 0 Å². The number of hydrogen-bond acceptors (Lipinski definition) is 0. The van der Waals surface area contributed by atoms with Gasteiger partial charge in [0.25, 0.3) is 0 Å². The van der Waals surface area contributed by atoms with Gasteiger partial charge in [0.1, 0.15) is 0 Å². The number of rotatable bonds is 7. The van der Waals surface area contributed by atoms with E-state index < -0.39 is 0 Å². The Hall–Kier alpha value is -4.10. The molecule has 4 aromatic rings. The second kappa shape index (κ2) is 9.27. The maximum Gasteiger partial charge on any atom is 0.0492 e. The van der Waals surface area contributed by atoms with E-state index in [0.717, 1.165) is 24.8 Å².